The fourth-order valence-electron chi connectivity index (χ4n) is 2.79. The van der Waals surface area contributed by atoms with Crippen molar-refractivity contribution in [2.45, 2.75) is 31.2 Å². The summed E-state index contributed by atoms with van der Waals surface area (Å²) >= 11 is 0. The van der Waals surface area contributed by atoms with E-state index in [0.29, 0.717) is 11.4 Å². The van der Waals surface area contributed by atoms with Gasteiger partial charge in [-0.25, -0.2) is 9.97 Å². The first-order valence-corrected chi connectivity index (χ1v) is 8.24. The van der Waals surface area contributed by atoms with E-state index in [1.165, 1.54) is 12.4 Å². The molecule has 138 valence electrons. The second kappa shape index (κ2) is 7.69. The lowest BCUT2D eigenvalue weighted by Crippen LogP contribution is -2.44. The Kier molecular flexibility index (Phi) is 5.34. The number of hydrogen-bond donors (Lipinski definition) is 3. The van der Waals surface area contributed by atoms with Gasteiger partial charge >= 0.3 is 12.3 Å². The summed E-state index contributed by atoms with van der Waals surface area (Å²) in [6, 6.07) is 7.57. The number of amides is 2. The van der Waals surface area contributed by atoms with E-state index in [2.05, 4.69) is 15.3 Å². The third-order valence-corrected chi connectivity index (χ3v) is 4.43. The molecular formula is C17H16BF2N5O2. The molecule has 2 aromatic rings. The SMILES string of the molecule is [B]c1ccc(C2(Nc3ncc(C(=O)NNC(=O)C(F)F)cn3)CCC2)cc1. The Balaban J connectivity index is 1.65. The van der Waals surface area contributed by atoms with Crippen LogP contribution < -0.4 is 21.6 Å². The van der Waals surface area contributed by atoms with Crippen LogP contribution >= 0.6 is 0 Å². The van der Waals surface area contributed by atoms with E-state index >= 15 is 0 Å². The Morgan fingerprint density at radius 1 is 1.07 bits per heavy atom. The first-order chi connectivity index (χ1) is 12.9. The topological polar surface area (TPSA) is 96.0 Å². The van der Waals surface area contributed by atoms with Crippen molar-refractivity contribution in [3.63, 3.8) is 0 Å². The fourth-order valence-corrected chi connectivity index (χ4v) is 2.79. The predicted octanol–water partition coefficient (Wildman–Crippen LogP) is 0.788. The molecule has 10 heteroatoms. The molecule has 1 fully saturated rings. The molecule has 1 aliphatic rings. The van der Waals surface area contributed by atoms with E-state index < -0.39 is 18.2 Å². The van der Waals surface area contributed by atoms with Gasteiger partial charge in [0, 0.05) is 12.4 Å². The van der Waals surface area contributed by atoms with Gasteiger partial charge in [0.1, 0.15) is 7.85 Å². The normalized spacial score (nSPS) is 14.9. The molecule has 0 spiro atoms. The van der Waals surface area contributed by atoms with Gasteiger partial charge in [-0.1, -0.05) is 29.7 Å². The molecule has 0 saturated heterocycles. The van der Waals surface area contributed by atoms with Crippen LogP contribution in [-0.2, 0) is 10.3 Å². The van der Waals surface area contributed by atoms with E-state index in [9.17, 15) is 18.4 Å². The number of rotatable bonds is 5. The molecule has 27 heavy (non-hydrogen) atoms. The summed E-state index contributed by atoms with van der Waals surface area (Å²) in [7, 11) is 5.74. The highest BCUT2D eigenvalue weighted by Gasteiger charge is 2.39. The average molecular weight is 371 g/mol. The number of aromatic nitrogens is 2. The monoisotopic (exact) mass is 371 g/mol. The van der Waals surface area contributed by atoms with Gasteiger partial charge in [-0.05, 0) is 24.8 Å². The summed E-state index contributed by atoms with van der Waals surface area (Å²) in [6.07, 6.45) is 2.13. The van der Waals surface area contributed by atoms with Crippen molar-refractivity contribution >= 4 is 31.1 Å². The molecule has 7 nitrogen and oxygen atoms in total. The van der Waals surface area contributed by atoms with Crippen molar-refractivity contribution in [3.05, 3.63) is 47.8 Å². The molecule has 1 aromatic heterocycles. The number of anilines is 1. The number of halogens is 2. The largest absolute Gasteiger partial charge is 0.345 e. The third-order valence-electron chi connectivity index (χ3n) is 4.43. The summed E-state index contributed by atoms with van der Waals surface area (Å²) in [5.74, 6) is -2.06. The minimum atomic E-state index is -3.22. The Hall–Kier alpha value is -3.04. The number of carbonyl (C=O) groups is 2. The maximum absolute atomic E-state index is 12.1. The average Bonchev–Trinajstić information content (AvgIpc) is 2.63. The minimum absolute atomic E-state index is 0.0188. The molecule has 0 atom stereocenters. The third kappa shape index (κ3) is 4.21. The molecule has 1 heterocycles. The van der Waals surface area contributed by atoms with Gasteiger partial charge in [-0.3, -0.25) is 20.4 Å². The molecule has 0 aliphatic heterocycles. The van der Waals surface area contributed by atoms with Crippen LogP contribution in [0.1, 0.15) is 35.2 Å². The Morgan fingerprint density at radius 3 is 2.22 bits per heavy atom. The first-order valence-electron chi connectivity index (χ1n) is 8.24. The summed E-state index contributed by atoms with van der Waals surface area (Å²) in [5.41, 5.74) is 4.96. The summed E-state index contributed by atoms with van der Waals surface area (Å²) in [4.78, 5) is 30.8. The van der Waals surface area contributed by atoms with E-state index in [-0.39, 0.29) is 11.1 Å². The molecule has 2 amide bonds. The lowest BCUT2D eigenvalue weighted by molar-refractivity contribution is -0.132. The van der Waals surface area contributed by atoms with E-state index in [4.69, 9.17) is 7.85 Å². The maximum Gasteiger partial charge on any atom is 0.317 e. The molecule has 1 aliphatic carbocycles. The van der Waals surface area contributed by atoms with Crippen LogP contribution in [0.3, 0.4) is 0 Å². The van der Waals surface area contributed by atoms with E-state index in [1.807, 2.05) is 29.7 Å². The lowest BCUT2D eigenvalue weighted by Gasteiger charge is -2.43. The molecule has 3 N–H and O–H groups in total. The molecule has 1 saturated carbocycles. The van der Waals surface area contributed by atoms with Crippen LogP contribution in [0.15, 0.2) is 36.7 Å². The first kappa shape index (κ1) is 18.7. The van der Waals surface area contributed by atoms with Crippen molar-refractivity contribution in [2.24, 2.45) is 0 Å². The van der Waals surface area contributed by atoms with Gasteiger partial charge in [-0.2, -0.15) is 8.78 Å². The Morgan fingerprint density at radius 2 is 1.70 bits per heavy atom. The van der Waals surface area contributed by atoms with Gasteiger partial charge in [-0.15, -0.1) is 0 Å². The highest BCUT2D eigenvalue weighted by molar-refractivity contribution is 6.32. The minimum Gasteiger partial charge on any atom is -0.345 e. The number of nitrogens with zero attached hydrogens (tertiary/aromatic N) is 2. The predicted molar refractivity (Wildman–Crippen MR) is 94.6 cm³/mol. The van der Waals surface area contributed by atoms with Crippen molar-refractivity contribution in [1.29, 1.82) is 0 Å². The molecule has 0 unspecified atom stereocenters. The van der Waals surface area contributed by atoms with Gasteiger partial charge < -0.3 is 5.32 Å². The quantitative estimate of drug-likeness (QED) is 0.534. The van der Waals surface area contributed by atoms with Crippen LogP contribution in [0.5, 0.6) is 0 Å². The van der Waals surface area contributed by atoms with Crippen molar-refractivity contribution in [2.75, 3.05) is 5.32 Å². The Labute approximate surface area is 155 Å². The maximum atomic E-state index is 12.1. The zero-order valence-electron chi connectivity index (χ0n) is 14.2. The van der Waals surface area contributed by atoms with Gasteiger partial charge in [0.25, 0.3) is 5.91 Å². The molecule has 1 aromatic carbocycles. The number of carbonyl (C=O) groups excluding carboxylic acids is 2. The molecular weight excluding hydrogens is 355 g/mol. The zero-order valence-corrected chi connectivity index (χ0v) is 14.2. The van der Waals surface area contributed by atoms with E-state index in [0.717, 1.165) is 24.8 Å². The lowest BCUT2D eigenvalue weighted by atomic mass is 9.71. The number of hydrogen-bond acceptors (Lipinski definition) is 5. The number of hydrazine groups is 1. The van der Waals surface area contributed by atoms with Crippen molar-refractivity contribution in [1.82, 2.24) is 20.8 Å². The molecule has 3 rings (SSSR count). The van der Waals surface area contributed by atoms with Crippen molar-refractivity contribution < 1.29 is 18.4 Å². The van der Waals surface area contributed by atoms with Crippen molar-refractivity contribution in [3.8, 4) is 0 Å². The van der Waals surface area contributed by atoms with E-state index in [1.54, 1.807) is 5.43 Å². The second-order valence-corrected chi connectivity index (χ2v) is 6.22. The van der Waals surface area contributed by atoms with Gasteiger partial charge in [0.15, 0.2) is 0 Å². The van der Waals surface area contributed by atoms with Crippen LogP contribution in [0.25, 0.3) is 0 Å². The fraction of sp³-hybridized carbons (Fsp3) is 0.294. The van der Waals surface area contributed by atoms with Crippen LogP contribution in [0.2, 0.25) is 0 Å². The number of benzene rings is 1. The van der Waals surface area contributed by atoms with Gasteiger partial charge in [0.05, 0.1) is 11.1 Å². The van der Waals surface area contributed by atoms with Crippen LogP contribution in [-0.4, -0.2) is 36.1 Å². The zero-order chi connectivity index (χ0) is 19.4. The van der Waals surface area contributed by atoms with Gasteiger partial charge in [0.2, 0.25) is 5.95 Å². The molecule has 2 radical (unpaired) electrons. The van der Waals surface area contributed by atoms with Crippen LogP contribution in [0.4, 0.5) is 14.7 Å². The smallest absolute Gasteiger partial charge is 0.317 e. The summed E-state index contributed by atoms with van der Waals surface area (Å²) in [5, 5.41) is 3.30. The Bertz CT molecular complexity index is 826. The molecule has 0 bridgehead atoms. The highest BCUT2D eigenvalue weighted by Crippen LogP contribution is 2.43. The second-order valence-electron chi connectivity index (χ2n) is 6.22. The number of nitrogens with one attached hydrogen (secondary N) is 3. The standard InChI is InChI=1S/C17H16BF2N5O2/c18-12-4-2-11(3-5-12)17(6-1-7-17)23-16-21-8-10(9-22-16)14(26)24-25-15(27)13(19)20/h2-5,8-9,13H,1,6-7H2,(H,24,26)(H,25,27)(H,21,22,23). The highest BCUT2D eigenvalue weighted by atomic mass is 19.3. The summed E-state index contributed by atoms with van der Waals surface area (Å²) < 4.78 is 24.2. The van der Waals surface area contributed by atoms with Crippen LogP contribution in [0, 0.1) is 0 Å². The number of alkyl halides is 2. The summed E-state index contributed by atoms with van der Waals surface area (Å²) in [6.45, 7) is 0.